The number of fused-ring (bicyclic) bond motifs is 1. The van der Waals surface area contributed by atoms with Crippen molar-refractivity contribution in [1.82, 2.24) is 25.0 Å². The van der Waals surface area contributed by atoms with Crippen molar-refractivity contribution in [3.05, 3.63) is 88.3 Å². The maximum atomic E-state index is 13.4. The Hall–Kier alpha value is -3.98. The van der Waals surface area contributed by atoms with E-state index in [1.807, 2.05) is 49.7 Å². The molecule has 5 rings (SSSR count). The maximum Gasteiger partial charge on any atom is 0.258 e. The first-order valence-electron chi connectivity index (χ1n) is 11.2. The zero-order valence-corrected chi connectivity index (χ0v) is 20.3. The quantitative estimate of drug-likeness (QED) is 0.327. The summed E-state index contributed by atoms with van der Waals surface area (Å²) in [7, 11) is 0. The summed E-state index contributed by atoms with van der Waals surface area (Å²) in [5, 5.41) is 17.5. The molecule has 0 unspecified atom stereocenters. The second-order valence-electron chi connectivity index (χ2n) is 8.55. The third-order valence-electron chi connectivity index (χ3n) is 5.68. The molecule has 3 aromatic heterocycles. The average molecular weight is 487 g/mol. The molecular weight excluding hydrogens is 463 g/mol. The fourth-order valence-electron chi connectivity index (χ4n) is 3.90. The van der Waals surface area contributed by atoms with Gasteiger partial charge in [0.15, 0.2) is 5.65 Å². The first-order valence-corrected chi connectivity index (χ1v) is 12.0. The Bertz CT molecular complexity index is 1520. The van der Waals surface area contributed by atoms with Crippen LogP contribution in [0.4, 0.5) is 9.52 Å². The van der Waals surface area contributed by atoms with E-state index in [9.17, 15) is 9.18 Å². The SMILES string of the molecule is Cc1ccccc1-c1cc(C(=O)Nc2nnc(Cc3ccc(F)cc3)s2)c2cnn(C(C)C)c2n1. The average Bonchev–Trinajstić information content (AvgIpc) is 3.47. The van der Waals surface area contributed by atoms with E-state index in [1.54, 1.807) is 24.4 Å². The summed E-state index contributed by atoms with van der Waals surface area (Å²) >= 11 is 1.29. The highest BCUT2D eigenvalue weighted by atomic mass is 32.1. The van der Waals surface area contributed by atoms with E-state index in [2.05, 4.69) is 20.6 Å². The summed E-state index contributed by atoms with van der Waals surface area (Å²) in [6, 6.07) is 16.1. The number of nitrogens with zero attached hydrogens (tertiary/aromatic N) is 5. The topological polar surface area (TPSA) is 85.6 Å². The minimum atomic E-state index is -0.306. The number of pyridine rings is 1. The van der Waals surface area contributed by atoms with Gasteiger partial charge in [0.2, 0.25) is 5.13 Å². The van der Waals surface area contributed by atoms with E-state index in [-0.39, 0.29) is 17.8 Å². The van der Waals surface area contributed by atoms with Crippen LogP contribution in [-0.4, -0.2) is 30.9 Å². The molecule has 0 aliphatic heterocycles. The normalized spacial score (nSPS) is 11.3. The third-order valence-corrected chi connectivity index (χ3v) is 6.52. The van der Waals surface area contributed by atoms with Crippen molar-refractivity contribution >= 4 is 33.4 Å². The zero-order valence-electron chi connectivity index (χ0n) is 19.5. The van der Waals surface area contributed by atoms with Gasteiger partial charge in [-0.3, -0.25) is 10.1 Å². The summed E-state index contributed by atoms with van der Waals surface area (Å²) in [6.07, 6.45) is 2.19. The number of aromatic nitrogens is 5. The number of carbonyl (C=O) groups excluding carboxylic acids is 1. The van der Waals surface area contributed by atoms with Crippen LogP contribution in [0.3, 0.4) is 0 Å². The Kier molecular flexibility index (Phi) is 6.08. The fraction of sp³-hybridized carbons (Fsp3) is 0.192. The van der Waals surface area contributed by atoms with Gasteiger partial charge in [-0.2, -0.15) is 5.10 Å². The standard InChI is InChI=1S/C26H23FN6OS/c1-15(2)33-24-21(14-28-33)20(13-22(29-24)19-7-5-4-6-16(19)3)25(34)30-26-32-31-23(35-26)12-17-8-10-18(27)11-9-17/h4-11,13-15H,12H2,1-3H3,(H,30,32,34). The fourth-order valence-corrected chi connectivity index (χ4v) is 4.67. The molecule has 0 aliphatic rings. The molecule has 5 aromatic rings. The Morgan fingerprint density at radius 3 is 2.63 bits per heavy atom. The smallest absolute Gasteiger partial charge is 0.258 e. The van der Waals surface area contributed by atoms with Gasteiger partial charge in [-0.15, -0.1) is 10.2 Å². The lowest BCUT2D eigenvalue weighted by Gasteiger charge is -2.11. The van der Waals surface area contributed by atoms with Gasteiger partial charge in [0.1, 0.15) is 10.8 Å². The summed E-state index contributed by atoms with van der Waals surface area (Å²) in [5.41, 5.74) is 4.77. The van der Waals surface area contributed by atoms with Crippen LogP contribution < -0.4 is 5.32 Å². The van der Waals surface area contributed by atoms with Crippen molar-refractivity contribution in [1.29, 1.82) is 0 Å². The van der Waals surface area contributed by atoms with Gasteiger partial charge in [0.05, 0.1) is 22.8 Å². The first kappa shape index (κ1) is 22.8. The van der Waals surface area contributed by atoms with Crippen molar-refractivity contribution in [2.75, 3.05) is 5.32 Å². The van der Waals surface area contributed by atoms with E-state index in [4.69, 9.17) is 4.98 Å². The molecule has 0 bridgehead atoms. The summed E-state index contributed by atoms with van der Waals surface area (Å²) in [4.78, 5) is 18.3. The van der Waals surface area contributed by atoms with E-state index in [0.717, 1.165) is 21.7 Å². The van der Waals surface area contributed by atoms with Crippen LogP contribution in [0.15, 0.2) is 60.8 Å². The lowest BCUT2D eigenvalue weighted by atomic mass is 10.0. The Morgan fingerprint density at radius 2 is 1.89 bits per heavy atom. The molecule has 0 spiro atoms. The minimum absolute atomic E-state index is 0.0835. The minimum Gasteiger partial charge on any atom is -0.296 e. The maximum absolute atomic E-state index is 13.4. The number of hydrogen-bond donors (Lipinski definition) is 1. The predicted octanol–water partition coefficient (Wildman–Crippen LogP) is 5.82. The van der Waals surface area contributed by atoms with Gasteiger partial charge in [0, 0.05) is 18.0 Å². The molecule has 176 valence electrons. The van der Waals surface area contributed by atoms with E-state index >= 15 is 0 Å². The molecular formula is C26H23FN6OS. The molecule has 35 heavy (non-hydrogen) atoms. The van der Waals surface area contributed by atoms with Crippen LogP contribution in [0.25, 0.3) is 22.3 Å². The van der Waals surface area contributed by atoms with Crippen LogP contribution in [-0.2, 0) is 6.42 Å². The highest BCUT2D eigenvalue weighted by Gasteiger charge is 2.20. The van der Waals surface area contributed by atoms with Gasteiger partial charge in [-0.05, 0) is 50.1 Å². The number of rotatable bonds is 6. The number of benzene rings is 2. The van der Waals surface area contributed by atoms with Crippen molar-refractivity contribution in [2.24, 2.45) is 0 Å². The molecule has 0 aliphatic carbocycles. The van der Waals surface area contributed by atoms with Crippen LogP contribution >= 0.6 is 11.3 Å². The molecule has 0 saturated heterocycles. The molecule has 2 aromatic carbocycles. The monoisotopic (exact) mass is 486 g/mol. The van der Waals surface area contributed by atoms with Gasteiger partial charge >= 0.3 is 0 Å². The largest absolute Gasteiger partial charge is 0.296 e. The molecule has 0 radical (unpaired) electrons. The van der Waals surface area contributed by atoms with Gasteiger partial charge in [-0.1, -0.05) is 47.7 Å². The number of aryl methyl sites for hydroxylation is 1. The van der Waals surface area contributed by atoms with Crippen LogP contribution in [0.1, 0.15) is 46.4 Å². The molecule has 1 N–H and O–H groups in total. The van der Waals surface area contributed by atoms with E-state index in [1.165, 1.54) is 23.5 Å². The zero-order chi connectivity index (χ0) is 24.5. The molecule has 3 heterocycles. The molecule has 0 saturated carbocycles. The van der Waals surface area contributed by atoms with Crippen molar-refractivity contribution in [3.8, 4) is 11.3 Å². The Morgan fingerprint density at radius 1 is 1.11 bits per heavy atom. The molecule has 1 amide bonds. The number of amides is 1. The van der Waals surface area contributed by atoms with Gasteiger partial charge in [0.25, 0.3) is 5.91 Å². The summed E-state index contributed by atoms with van der Waals surface area (Å²) in [5.74, 6) is -0.589. The number of anilines is 1. The summed E-state index contributed by atoms with van der Waals surface area (Å²) < 4.78 is 15.0. The van der Waals surface area contributed by atoms with Crippen LogP contribution in [0.2, 0.25) is 0 Å². The lowest BCUT2D eigenvalue weighted by Crippen LogP contribution is -2.13. The number of carbonyl (C=O) groups is 1. The number of nitrogens with one attached hydrogen (secondary N) is 1. The van der Waals surface area contributed by atoms with Gasteiger partial charge < -0.3 is 0 Å². The Labute approximate surface area is 205 Å². The van der Waals surface area contributed by atoms with Crippen LogP contribution in [0.5, 0.6) is 0 Å². The van der Waals surface area contributed by atoms with E-state index < -0.39 is 0 Å². The second-order valence-corrected chi connectivity index (χ2v) is 9.61. The Balaban J connectivity index is 1.48. The third kappa shape index (κ3) is 4.67. The van der Waals surface area contributed by atoms with Crippen molar-refractivity contribution in [2.45, 2.75) is 33.2 Å². The van der Waals surface area contributed by atoms with Crippen molar-refractivity contribution < 1.29 is 9.18 Å². The summed E-state index contributed by atoms with van der Waals surface area (Å²) in [6.45, 7) is 6.07. The second kappa shape index (κ2) is 9.34. The highest BCUT2D eigenvalue weighted by Crippen LogP contribution is 2.29. The molecule has 0 atom stereocenters. The molecule has 0 fully saturated rings. The van der Waals surface area contributed by atoms with Gasteiger partial charge in [-0.25, -0.2) is 14.1 Å². The molecule has 7 nitrogen and oxygen atoms in total. The number of halogens is 1. The number of hydrogen-bond acceptors (Lipinski definition) is 6. The molecule has 9 heteroatoms. The highest BCUT2D eigenvalue weighted by molar-refractivity contribution is 7.15. The van der Waals surface area contributed by atoms with Crippen LogP contribution in [0, 0.1) is 12.7 Å². The van der Waals surface area contributed by atoms with Crippen molar-refractivity contribution in [3.63, 3.8) is 0 Å². The first-order chi connectivity index (χ1) is 16.9. The predicted molar refractivity (Wildman–Crippen MR) is 135 cm³/mol. The lowest BCUT2D eigenvalue weighted by molar-refractivity contribution is 0.102. The van der Waals surface area contributed by atoms with E-state index in [0.29, 0.717) is 33.8 Å².